The van der Waals surface area contributed by atoms with Crippen LogP contribution in [-0.4, -0.2) is 11.5 Å². The second kappa shape index (κ2) is 8.43. The van der Waals surface area contributed by atoms with Crippen LogP contribution in [0.5, 0.6) is 0 Å². The summed E-state index contributed by atoms with van der Waals surface area (Å²) < 4.78 is 0. The fourth-order valence-electron chi connectivity index (χ4n) is 2.03. The van der Waals surface area contributed by atoms with E-state index >= 15 is 0 Å². The number of rotatable bonds is 7. The Morgan fingerprint density at radius 2 is 0.950 bits per heavy atom. The van der Waals surface area contributed by atoms with Gasteiger partial charge in [0.25, 0.3) is 0 Å². The van der Waals surface area contributed by atoms with Crippen LogP contribution in [0, 0.1) is 0 Å². The molecule has 2 aromatic rings. The summed E-state index contributed by atoms with van der Waals surface area (Å²) in [5.74, 6) is 4.59. The van der Waals surface area contributed by atoms with Gasteiger partial charge in [-0.1, -0.05) is 62.4 Å². The minimum Gasteiger partial charge on any atom is -0.157 e. The van der Waals surface area contributed by atoms with E-state index in [2.05, 4.69) is 62.4 Å². The Hall–Kier alpha value is -0.860. The van der Waals surface area contributed by atoms with E-state index in [0.717, 1.165) is 11.5 Å². The molecule has 0 aromatic heterocycles. The number of thioether (sulfide) groups is 2. The Bertz CT molecular complexity index is 450. The molecule has 0 aliphatic rings. The average Bonchev–Trinajstić information content (AvgIpc) is 2.52. The standard InChI is InChI=1S/C18H22S2/c1-3-19-13-15-5-9-17(10-6-15)18-11-7-16(8-12-18)14-20-4-2/h5-12H,3-4,13-14H2,1-2H3. The van der Waals surface area contributed by atoms with Crippen LogP contribution >= 0.6 is 23.5 Å². The summed E-state index contributed by atoms with van der Waals surface area (Å²) in [6, 6.07) is 17.9. The molecule has 0 aliphatic carbocycles. The van der Waals surface area contributed by atoms with E-state index in [1.54, 1.807) is 0 Å². The first kappa shape index (κ1) is 15.5. The first-order chi connectivity index (χ1) is 9.83. The molecule has 0 atom stereocenters. The quantitative estimate of drug-likeness (QED) is 0.628. The Labute approximate surface area is 131 Å². The molecular weight excluding hydrogens is 280 g/mol. The Morgan fingerprint density at radius 3 is 1.25 bits per heavy atom. The van der Waals surface area contributed by atoms with Gasteiger partial charge in [0.1, 0.15) is 0 Å². The molecular formula is C18H22S2. The molecule has 2 rings (SSSR count). The Balaban J connectivity index is 2.03. The molecule has 0 aliphatic heterocycles. The molecule has 0 fully saturated rings. The zero-order valence-electron chi connectivity index (χ0n) is 12.3. The lowest BCUT2D eigenvalue weighted by molar-refractivity contribution is 1.38. The molecule has 0 bridgehead atoms. The van der Waals surface area contributed by atoms with Crippen molar-refractivity contribution in [2.24, 2.45) is 0 Å². The van der Waals surface area contributed by atoms with E-state index in [1.165, 1.54) is 33.8 Å². The fourth-order valence-corrected chi connectivity index (χ4v) is 3.29. The molecule has 0 N–H and O–H groups in total. The molecule has 2 heteroatoms. The van der Waals surface area contributed by atoms with Gasteiger partial charge in [-0.05, 0) is 33.8 Å². The van der Waals surface area contributed by atoms with Crippen LogP contribution < -0.4 is 0 Å². The van der Waals surface area contributed by atoms with Crippen LogP contribution in [0.15, 0.2) is 48.5 Å². The van der Waals surface area contributed by atoms with E-state index in [1.807, 2.05) is 23.5 Å². The van der Waals surface area contributed by atoms with Crippen molar-refractivity contribution in [3.05, 3.63) is 59.7 Å². The molecule has 0 nitrogen and oxygen atoms in total. The highest BCUT2D eigenvalue weighted by Crippen LogP contribution is 2.23. The molecule has 0 saturated heterocycles. The minimum absolute atomic E-state index is 1.12. The molecule has 106 valence electrons. The second-order valence-electron chi connectivity index (χ2n) is 4.67. The summed E-state index contributed by atoms with van der Waals surface area (Å²) >= 11 is 3.94. The highest BCUT2D eigenvalue weighted by Gasteiger charge is 1.99. The Morgan fingerprint density at radius 1 is 0.600 bits per heavy atom. The number of hydrogen-bond acceptors (Lipinski definition) is 2. The third kappa shape index (κ3) is 4.60. The van der Waals surface area contributed by atoms with Gasteiger partial charge in [0.2, 0.25) is 0 Å². The van der Waals surface area contributed by atoms with Crippen LogP contribution in [0.4, 0.5) is 0 Å². The maximum Gasteiger partial charge on any atom is 0.0184 e. The molecule has 20 heavy (non-hydrogen) atoms. The third-order valence-electron chi connectivity index (χ3n) is 3.19. The summed E-state index contributed by atoms with van der Waals surface area (Å²) in [7, 11) is 0. The van der Waals surface area contributed by atoms with E-state index in [4.69, 9.17) is 0 Å². The lowest BCUT2D eigenvalue weighted by Gasteiger charge is -2.06. The van der Waals surface area contributed by atoms with Crippen molar-refractivity contribution >= 4 is 23.5 Å². The van der Waals surface area contributed by atoms with Crippen molar-refractivity contribution in [1.29, 1.82) is 0 Å². The summed E-state index contributed by atoms with van der Waals surface area (Å²) in [6.07, 6.45) is 0. The summed E-state index contributed by atoms with van der Waals surface area (Å²) in [6.45, 7) is 4.41. The first-order valence-corrected chi connectivity index (χ1v) is 9.48. The largest absolute Gasteiger partial charge is 0.157 e. The maximum absolute atomic E-state index is 2.25. The zero-order valence-corrected chi connectivity index (χ0v) is 13.9. The summed E-state index contributed by atoms with van der Waals surface area (Å²) in [4.78, 5) is 0. The monoisotopic (exact) mass is 302 g/mol. The fraction of sp³-hybridized carbons (Fsp3) is 0.333. The molecule has 0 unspecified atom stereocenters. The van der Waals surface area contributed by atoms with Crippen molar-refractivity contribution < 1.29 is 0 Å². The van der Waals surface area contributed by atoms with Gasteiger partial charge in [0.15, 0.2) is 0 Å². The average molecular weight is 303 g/mol. The van der Waals surface area contributed by atoms with Crippen LogP contribution in [0.3, 0.4) is 0 Å². The van der Waals surface area contributed by atoms with E-state index in [0.29, 0.717) is 0 Å². The minimum atomic E-state index is 1.12. The SMILES string of the molecule is CCSCc1ccc(-c2ccc(CSCC)cc2)cc1. The normalized spacial score (nSPS) is 10.7. The van der Waals surface area contributed by atoms with Crippen molar-refractivity contribution in [2.75, 3.05) is 11.5 Å². The third-order valence-corrected chi connectivity index (χ3v) is 5.08. The zero-order chi connectivity index (χ0) is 14.2. The van der Waals surface area contributed by atoms with Crippen molar-refractivity contribution in [3.8, 4) is 11.1 Å². The predicted octanol–water partition coefficient (Wildman–Crippen LogP) is 5.86. The van der Waals surface area contributed by atoms with Gasteiger partial charge in [0.05, 0.1) is 0 Å². The molecule has 0 saturated carbocycles. The van der Waals surface area contributed by atoms with E-state index in [-0.39, 0.29) is 0 Å². The lowest BCUT2D eigenvalue weighted by atomic mass is 10.0. The summed E-state index contributed by atoms with van der Waals surface area (Å²) in [5.41, 5.74) is 5.45. The van der Waals surface area contributed by atoms with Crippen LogP contribution in [0.2, 0.25) is 0 Å². The molecule has 0 amide bonds. The molecule has 2 aromatic carbocycles. The Kier molecular flexibility index (Phi) is 6.55. The summed E-state index contributed by atoms with van der Waals surface area (Å²) in [5, 5.41) is 0. The van der Waals surface area contributed by atoms with Gasteiger partial charge in [-0.2, -0.15) is 23.5 Å². The van der Waals surface area contributed by atoms with Gasteiger partial charge in [0, 0.05) is 11.5 Å². The topological polar surface area (TPSA) is 0 Å². The maximum atomic E-state index is 2.25. The van der Waals surface area contributed by atoms with Crippen molar-refractivity contribution in [1.82, 2.24) is 0 Å². The van der Waals surface area contributed by atoms with E-state index < -0.39 is 0 Å². The molecule has 0 radical (unpaired) electrons. The molecule has 0 spiro atoms. The van der Waals surface area contributed by atoms with Gasteiger partial charge >= 0.3 is 0 Å². The van der Waals surface area contributed by atoms with Gasteiger partial charge in [-0.15, -0.1) is 0 Å². The predicted molar refractivity (Wildman–Crippen MR) is 95.6 cm³/mol. The van der Waals surface area contributed by atoms with E-state index in [9.17, 15) is 0 Å². The highest BCUT2D eigenvalue weighted by molar-refractivity contribution is 7.98. The van der Waals surface area contributed by atoms with Gasteiger partial charge in [-0.25, -0.2) is 0 Å². The van der Waals surface area contributed by atoms with Gasteiger partial charge < -0.3 is 0 Å². The number of hydrogen-bond donors (Lipinski definition) is 0. The number of benzene rings is 2. The smallest absolute Gasteiger partial charge is 0.0184 e. The second-order valence-corrected chi connectivity index (χ2v) is 7.22. The highest BCUT2D eigenvalue weighted by atomic mass is 32.2. The first-order valence-electron chi connectivity index (χ1n) is 7.17. The lowest BCUT2D eigenvalue weighted by Crippen LogP contribution is -1.84. The molecule has 0 heterocycles. The van der Waals surface area contributed by atoms with Crippen molar-refractivity contribution in [3.63, 3.8) is 0 Å². The van der Waals surface area contributed by atoms with Crippen molar-refractivity contribution in [2.45, 2.75) is 25.4 Å². The van der Waals surface area contributed by atoms with Gasteiger partial charge in [-0.3, -0.25) is 0 Å². The van der Waals surface area contributed by atoms with Crippen LogP contribution in [0.25, 0.3) is 11.1 Å². The van der Waals surface area contributed by atoms with Crippen LogP contribution in [-0.2, 0) is 11.5 Å². The van der Waals surface area contributed by atoms with Crippen LogP contribution in [0.1, 0.15) is 25.0 Å².